The fraction of sp³-hybridized carbons (Fsp3) is 0.500. The van der Waals surface area contributed by atoms with Crippen LogP contribution >= 0.6 is 0 Å². The second kappa shape index (κ2) is 4.72. The molecule has 0 saturated carbocycles. The van der Waals surface area contributed by atoms with E-state index in [1.165, 1.54) is 10.9 Å². The van der Waals surface area contributed by atoms with Crippen molar-refractivity contribution in [2.75, 3.05) is 0 Å². The van der Waals surface area contributed by atoms with E-state index in [1.54, 1.807) is 6.92 Å². The predicted octanol–water partition coefficient (Wildman–Crippen LogP) is 1.41. The Morgan fingerprint density at radius 2 is 2.11 bits per heavy atom. The molecule has 2 heterocycles. The van der Waals surface area contributed by atoms with Gasteiger partial charge in [0.15, 0.2) is 5.82 Å². The fourth-order valence-corrected chi connectivity index (χ4v) is 1.51. The molecule has 0 aromatic carbocycles. The summed E-state index contributed by atoms with van der Waals surface area (Å²) in [6.07, 6.45) is 1.51. The Labute approximate surface area is 105 Å². The standard InChI is InChI=1S/C12H16N4O2/c1-7(2)11-14-10(15-18-11)5-16-6-13-9(4)8(3)12(16)17/h6-7H,5H2,1-4H3. The van der Waals surface area contributed by atoms with Crippen LogP contribution in [0.5, 0.6) is 0 Å². The summed E-state index contributed by atoms with van der Waals surface area (Å²) in [6, 6.07) is 0. The van der Waals surface area contributed by atoms with Gasteiger partial charge in [-0.1, -0.05) is 19.0 Å². The van der Waals surface area contributed by atoms with Crippen LogP contribution in [0.2, 0.25) is 0 Å². The molecule has 0 aliphatic carbocycles. The highest BCUT2D eigenvalue weighted by atomic mass is 16.5. The predicted molar refractivity (Wildman–Crippen MR) is 65.5 cm³/mol. The van der Waals surface area contributed by atoms with E-state index in [0.717, 1.165) is 5.69 Å². The highest BCUT2D eigenvalue weighted by Gasteiger charge is 2.11. The van der Waals surface area contributed by atoms with Gasteiger partial charge in [0, 0.05) is 17.2 Å². The summed E-state index contributed by atoms with van der Waals surface area (Å²) >= 11 is 0. The first kappa shape index (κ1) is 12.5. The SMILES string of the molecule is Cc1ncn(Cc2noc(C(C)C)n2)c(=O)c1C. The van der Waals surface area contributed by atoms with Crippen LogP contribution in [0.1, 0.15) is 42.7 Å². The Morgan fingerprint density at radius 3 is 2.72 bits per heavy atom. The molecule has 18 heavy (non-hydrogen) atoms. The van der Waals surface area contributed by atoms with Crippen molar-refractivity contribution in [2.24, 2.45) is 0 Å². The van der Waals surface area contributed by atoms with Crippen molar-refractivity contribution in [3.63, 3.8) is 0 Å². The molecule has 0 unspecified atom stereocenters. The van der Waals surface area contributed by atoms with E-state index < -0.39 is 0 Å². The Morgan fingerprint density at radius 1 is 1.39 bits per heavy atom. The fourth-order valence-electron chi connectivity index (χ4n) is 1.51. The maximum Gasteiger partial charge on any atom is 0.256 e. The maximum absolute atomic E-state index is 12.0. The normalized spacial score (nSPS) is 11.2. The molecule has 6 nitrogen and oxygen atoms in total. The molecule has 0 radical (unpaired) electrons. The van der Waals surface area contributed by atoms with Gasteiger partial charge < -0.3 is 4.52 Å². The summed E-state index contributed by atoms with van der Waals surface area (Å²) in [5.41, 5.74) is 1.32. The van der Waals surface area contributed by atoms with Crippen LogP contribution in [-0.4, -0.2) is 19.7 Å². The lowest BCUT2D eigenvalue weighted by Crippen LogP contribution is -2.24. The number of nitrogens with zero attached hydrogens (tertiary/aromatic N) is 4. The van der Waals surface area contributed by atoms with Gasteiger partial charge in [0.05, 0.1) is 12.9 Å². The first-order chi connectivity index (χ1) is 8.49. The molecule has 2 aromatic rings. The molecule has 0 amide bonds. The van der Waals surface area contributed by atoms with E-state index in [4.69, 9.17) is 4.52 Å². The zero-order chi connectivity index (χ0) is 13.3. The van der Waals surface area contributed by atoms with Crippen molar-refractivity contribution in [3.05, 3.63) is 39.7 Å². The van der Waals surface area contributed by atoms with E-state index in [0.29, 0.717) is 17.3 Å². The molecular formula is C12H16N4O2. The molecule has 0 aliphatic rings. The molecule has 0 N–H and O–H groups in total. The van der Waals surface area contributed by atoms with Crippen LogP contribution in [0.3, 0.4) is 0 Å². The van der Waals surface area contributed by atoms with Gasteiger partial charge in [-0.25, -0.2) is 4.98 Å². The first-order valence-corrected chi connectivity index (χ1v) is 5.84. The molecule has 0 fully saturated rings. The first-order valence-electron chi connectivity index (χ1n) is 5.84. The summed E-state index contributed by atoms with van der Waals surface area (Å²) in [5, 5.41) is 3.85. The van der Waals surface area contributed by atoms with Crippen LogP contribution < -0.4 is 5.56 Å². The zero-order valence-electron chi connectivity index (χ0n) is 11.0. The number of hydrogen-bond donors (Lipinski definition) is 0. The molecule has 0 saturated heterocycles. The van der Waals surface area contributed by atoms with E-state index in [2.05, 4.69) is 15.1 Å². The van der Waals surface area contributed by atoms with E-state index in [9.17, 15) is 4.79 Å². The molecule has 0 bridgehead atoms. The Balaban J connectivity index is 2.29. The minimum atomic E-state index is -0.0709. The van der Waals surface area contributed by atoms with Gasteiger partial charge in [-0.05, 0) is 13.8 Å². The number of rotatable bonds is 3. The number of hydrogen-bond acceptors (Lipinski definition) is 5. The Kier molecular flexibility index (Phi) is 3.27. The van der Waals surface area contributed by atoms with E-state index >= 15 is 0 Å². The van der Waals surface area contributed by atoms with E-state index in [1.807, 2.05) is 20.8 Å². The van der Waals surface area contributed by atoms with Crippen LogP contribution in [0.25, 0.3) is 0 Å². The second-order valence-electron chi connectivity index (χ2n) is 4.59. The number of aryl methyl sites for hydroxylation is 1. The van der Waals surface area contributed by atoms with E-state index in [-0.39, 0.29) is 18.0 Å². The second-order valence-corrected chi connectivity index (χ2v) is 4.59. The minimum Gasteiger partial charge on any atom is -0.339 e. The Bertz CT molecular complexity index is 613. The molecule has 96 valence electrons. The lowest BCUT2D eigenvalue weighted by atomic mass is 10.2. The molecular weight excluding hydrogens is 232 g/mol. The van der Waals surface area contributed by atoms with Crippen molar-refractivity contribution in [2.45, 2.75) is 40.2 Å². The van der Waals surface area contributed by atoms with Gasteiger partial charge in [-0.3, -0.25) is 9.36 Å². The molecule has 0 atom stereocenters. The summed E-state index contributed by atoms with van der Waals surface area (Å²) < 4.78 is 6.58. The van der Waals surface area contributed by atoms with Crippen molar-refractivity contribution in [1.29, 1.82) is 0 Å². The van der Waals surface area contributed by atoms with Crippen molar-refractivity contribution >= 4 is 0 Å². The lowest BCUT2D eigenvalue weighted by Gasteiger charge is -2.04. The van der Waals surface area contributed by atoms with Crippen molar-refractivity contribution in [3.8, 4) is 0 Å². The molecule has 2 aromatic heterocycles. The van der Waals surface area contributed by atoms with Gasteiger partial charge in [-0.2, -0.15) is 4.98 Å². The van der Waals surface area contributed by atoms with Crippen molar-refractivity contribution in [1.82, 2.24) is 19.7 Å². The lowest BCUT2D eigenvalue weighted by molar-refractivity contribution is 0.359. The van der Waals surface area contributed by atoms with Crippen LogP contribution in [-0.2, 0) is 6.54 Å². The summed E-state index contributed by atoms with van der Waals surface area (Å²) in [4.78, 5) is 20.4. The van der Waals surface area contributed by atoms with Crippen molar-refractivity contribution < 1.29 is 4.52 Å². The van der Waals surface area contributed by atoms with Crippen LogP contribution in [0, 0.1) is 13.8 Å². The van der Waals surface area contributed by atoms with Gasteiger partial charge in [0.1, 0.15) is 0 Å². The summed E-state index contributed by atoms with van der Waals surface area (Å²) in [6.45, 7) is 7.80. The number of aromatic nitrogens is 4. The topological polar surface area (TPSA) is 73.8 Å². The van der Waals surface area contributed by atoms with Crippen LogP contribution in [0.4, 0.5) is 0 Å². The smallest absolute Gasteiger partial charge is 0.256 e. The van der Waals surface area contributed by atoms with Gasteiger partial charge in [-0.15, -0.1) is 0 Å². The monoisotopic (exact) mass is 248 g/mol. The highest BCUT2D eigenvalue weighted by Crippen LogP contribution is 2.11. The zero-order valence-corrected chi connectivity index (χ0v) is 11.0. The largest absolute Gasteiger partial charge is 0.339 e. The van der Waals surface area contributed by atoms with Gasteiger partial charge in [0.2, 0.25) is 5.89 Å². The van der Waals surface area contributed by atoms with Gasteiger partial charge in [0.25, 0.3) is 5.56 Å². The molecule has 0 spiro atoms. The summed E-state index contributed by atoms with van der Waals surface area (Å²) in [7, 11) is 0. The average Bonchev–Trinajstić information content (AvgIpc) is 2.79. The third kappa shape index (κ3) is 2.32. The molecule has 6 heteroatoms. The summed E-state index contributed by atoms with van der Waals surface area (Å²) in [5.74, 6) is 1.25. The molecule has 0 aliphatic heterocycles. The third-order valence-electron chi connectivity index (χ3n) is 2.80. The van der Waals surface area contributed by atoms with Crippen LogP contribution in [0.15, 0.2) is 15.6 Å². The Hall–Kier alpha value is -1.98. The van der Waals surface area contributed by atoms with Gasteiger partial charge >= 0.3 is 0 Å². The minimum absolute atomic E-state index is 0.0709. The maximum atomic E-state index is 12.0. The third-order valence-corrected chi connectivity index (χ3v) is 2.80. The molecule has 2 rings (SSSR count). The quantitative estimate of drug-likeness (QED) is 0.821. The average molecular weight is 248 g/mol. The highest BCUT2D eigenvalue weighted by molar-refractivity contribution is 5.12.